The van der Waals surface area contributed by atoms with Crippen molar-refractivity contribution in [2.75, 3.05) is 6.54 Å². The number of aliphatic hydroxyl groups excluding tert-OH is 1. The Bertz CT molecular complexity index is 750. The minimum Gasteiger partial charge on any atom is -0.485 e. The molecule has 1 unspecified atom stereocenters. The van der Waals surface area contributed by atoms with Gasteiger partial charge in [0.25, 0.3) is 0 Å². The SMILES string of the molecule is CC1(C)Oc2ccc(C#N)cc2[C@H](NCCc2ccccc2)C1O. The number of nitriles is 1. The van der Waals surface area contributed by atoms with Crippen molar-refractivity contribution in [2.45, 2.75) is 38.0 Å². The summed E-state index contributed by atoms with van der Waals surface area (Å²) in [6.07, 6.45) is 0.174. The highest BCUT2D eigenvalue weighted by Gasteiger charge is 2.42. The lowest BCUT2D eigenvalue weighted by Gasteiger charge is -2.42. The molecule has 0 spiro atoms. The molecule has 0 bridgehead atoms. The molecule has 0 amide bonds. The molecule has 0 fully saturated rings. The van der Waals surface area contributed by atoms with Crippen LogP contribution >= 0.6 is 0 Å². The van der Waals surface area contributed by atoms with E-state index in [2.05, 4.69) is 23.5 Å². The van der Waals surface area contributed by atoms with E-state index >= 15 is 0 Å². The van der Waals surface area contributed by atoms with Crippen molar-refractivity contribution in [1.82, 2.24) is 5.32 Å². The molecule has 124 valence electrons. The summed E-state index contributed by atoms with van der Waals surface area (Å²) in [6, 6.07) is 17.5. The van der Waals surface area contributed by atoms with E-state index in [0.29, 0.717) is 5.56 Å². The Morgan fingerprint density at radius 3 is 2.67 bits per heavy atom. The molecule has 0 radical (unpaired) electrons. The van der Waals surface area contributed by atoms with E-state index in [1.807, 2.05) is 38.1 Å². The number of fused-ring (bicyclic) bond motifs is 1. The summed E-state index contributed by atoms with van der Waals surface area (Å²) in [5, 5.41) is 23.3. The molecular weight excluding hydrogens is 300 g/mol. The third kappa shape index (κ3) is 3.28. The van der Waals surface area contributed by atoms with Crippen LogP contribution in [0.15, 0.2) is 48.5 Å². The van der Waals surface area contributed by atoms with Crippen LogP contribution in [0.4, 0.5) is 0 Å². The molecule has 1 aliphatic heterocycles. The maximum Gasteiger partial charge on any atom is 0.131 e. The lowest BCUT2D eigenvalue weighted by molar-refractivity contribution is -0.0644. The van der Waals surface area contributed by atoms with Gasteiger partial charge in [-0.05, 0) is 50.6 Å². The monoisotopic (exact) mass is 322 g/mol. The summed E-state index contributed by atoms with van der Waals surface area (Å²) in [5.41, 5.74) is 1.97. The van der Waals surface area contributed by atoms with Gasteiger partial charge in [-0.3, -0.25) is 0 Å². The first-order valence-corrected chi connectivity index (χ1v) is 8.20. The van der Waals surface area contributed by atoms with E-state index in [-0.39, 0.29) is 6.04 Å². The lowest BCUT2D eigenvalue weighted by atomic mass is 9.86. The van der Waals surface area contributed by atoms with Crippen LogP contribution < -0.4 is 10.1 Å². The highest BCUT2D eigenvalue weighted by molar-refractivity contribution is 5.46. The van der Waals surface area contributed by atoms with Crippen molar-refractivity contribution in [3.8, 4) is 11.8 Å². The van der Waals surface area contributed by atoms with Crippen LogP contribution in [-0.2, 0) is 6.42 Å². The van der Waals surface area contributed by atoms with Crippen molar-refractivity contribution < 1.29 is 9.84 Å². The highest BCUT2D eigenvalue weighted by Crippen LogP contribution is 2.40. The average molecular weight is 322 g/mol. The van der Waals surface area contributed by atoms with Gasteiger partial charge in [0, 0.05) is 5.56 Å². The molecule has 0 saturated heterocycles. The minimum atomic E-state index is -0.699. The fourth-order valence-corrected chi connectivity index (χ4v) is 3.11. The number of rotatable bonds is 4. The topological polar surface area (TPSA) is 65.3 Å². The quantitative estimate of drug-likeness (QED) is 0.908. The van der Waals surface area contributed by atoms with Crippen LogP contribution in [0.3, 0.4) is 0 Å². The van der Waals surface area contributed by atoms with E-state index in [1.165, 1.54) is 5.56 Å². The predicted octanol–water partition coefficient (Wildman–Crippen LogP) is 2.96. The van der Waals surface area contributed by atoms with Crippen molar-refractivity contribution in [3.05, 3.63) is 65.2 Å². The smallest absolute Gasteiger partial charge is 0.131 e. The summed E-state index contributed by atoms with van der Waals surface area (Å²) in [6.45, 7) is 4.49. The summed E-state index contributed by atoms with van der Waals surface area (Å²) in [4.78, 5) is 0. The van der Waals surface area contributed by atoms with Crippen molar-refractivity contribution >= 4 is 0 Å². The second-order valence-electron chi connectivity index (χ2n) is 6.68. The molecule has 4 nitrogen and oxygen atoms in total. The van der Waals surface area contributed by atoms with Gasteiger partial charge in [-0.2, -0.15) is 5.26 Å². The van der Waals surface area contributed by atoms with Gasteiger partial charge in [-0.1, -0.05) is 30.3 Å². The Labute approximate surface area is 142 Å². The van der Waals surface area contributed by atoms with Crippen LogP contribution in [0.1, 0.15) is 36.6 Å². The molecule has 0 saturated carbocycles. The number of nitrogens with one attached hydrogen (secondary N) is 1. The minimum absolute atomic E-state index is 0.263. The second-order valence-corrected chi connectivity index (χ2v) is 6.68. The van der Waals surface area contributed by atoms with Crippen LogP contribution in [0.2, 0.25) is 0 Å². The number of benzene rings is 2. The van der Waals surface area contributed by atoms with E-state index in [4.69, 9.17) is 10.00 Å². The first-order valence-electron chi connectivity index (χ1n) is 8.20. The Morgan fingerprint density at radius 1 is 1.21 bits per heavy atom. The summed E-state index contributed by atoms with van der Waals surface area (Å²) in [5.74, 6) is 0.724. The summed E-state index contributed by atoms with van der Waals surface area (Å²) < 4.78 is 5.93. The van der Waals surface area contributed by atoms with Crippen molar-refractivity contribution in [3.63, 3.8) is 0 Å². The standard InChI is InChI=1S/C20H22N2O2/c1-20(2)19(23)18(22-11-10-14-6-4-3-5-7-14)16-12-15(13-21)8-9-17(16)24-20/h3-9,12,18-19,22-23H,10-11H2,1-2H3/t18-,19?/m0/s1. The highest BCUT2D eigenvalue weighted by atomic mass is 16.5. The Kier molecular flexibility index (Phi) is 4.57. The van der Waals surface area contributed by atoms with E-state index in [9.17, 15) is 5.11 Å². The number of ether oxygens (including phenoxy) is 1. The van der Waals surface area contributed by atoms with Gasteiger partial charge in [-0.25, -0.2) is 0 Å². The molecule has 2 atom stereocenters. The molecule has 2 N–H and O–H groups in total. The lowest BCUT2D eigenvalue weighted by Crippen LogP contribution is -2.52. The number of hydrogen-bond acceptors (Lipinski definition) is 4. The van der Waals surface area contributed by atoms with E-state index in [1.54, 1.807) is 12.1 Å². The number of hydrogen-bond donors (Lipinski definition) is 2. The zero-order valence-electron chi connectivity index (χ0n) is 14.0. The molecule has 0 aromatic heterocycles. The second kappa shape index (κ2) is 6.64. The van der Waals surface area contributed by atoms with Gasteiger partial charge in [0.2, 0.25) is 0 Å². The van der Waals surface area contributed by atoms with Gasteiger partial charge in [0.1, 0.15) is 17.5 Å². The fourth-order valence-electron chi connectivity index (χ4n) is 3.11. The molecule has 3 rings (SSSR count). The number of aliphatic hydroxyl groups is 1. The maximum absolute atomic E-state index is 10.7. The molecule has 2 aromatic carbocycles. The Morgan fingerprint density at radius 2 is 1.96 bits per heavy atom. The van der Waals surface area contributed by atoms with Crippen LogP contribution in [0.5, 0.6) is 5.75 Å². The zero-order valence-corrected chi connectivity index (χ0v) is 14.0. The van der Waals surface area contributed by atoms with Crippen LogP contribution in [0.25, 0.3) is 0 Å². The average Bonchev–Trinajstić information content (AvgIpc) is 2.58. The van der Waals surface area contributed by atoms with E-state index in [0.717, 1.165) is 24.3 Å². The first kappa shape index (κ1) is 16.5. The van der Waals surface area contributed by atoms with Crippen molar-refractivity contribution in [1.29, 1.82) is 5.26 Å². The third-order valence-electron chi connectivity index (χ3n) is 4.50. The molecule has 4 heteroatoms. The molecule has 24 heavy (non-hydrogen) atoms. The van der Waals surface area contributed by atoms with Gasteiger partial charge in [0.15, 0.2) is 0 Å². The largest absolute Gasteiger partial charge is 0.485 e. The fraction of sp³-hybridized carbons (Fsp3) is 0.350. The van der Waals surface area contributed by atoms with Crippen LogP contribution in [0, 0.1) is 11.3 Å². The predicted molar refractivity (Wildman–Crippen MR) is 92.8 cm³/mol. The zero-order chi connectivity index (χ0) is 17.2. The van der Waals surface area contributed by atoms with Crippen molar-refractivity contribution in [2.24, 2.45) is 0 Å². The van der Waals surface area contributed by atoms with Gasteiger partial charge >= 0.3 is 0 Å². The molecule has 0 aliphatic carbocycles. The van der Waals surface area contributed by atoms with Gasteiger partial charge < -0.3 is 15.2 Å². The Balaban J connectivity index is 1.81. The first-order chi connectivity index (χ1) is 11.5. The van der Waals surface area contributed by atoms with E-state index < -0.39 is 11.7 Å². The van der Waals surface area contributed by atoms with Gasteiger partial charge in [-0.15, -0.1) is 0 Å². The third-order valence-corrected chi connectivity index (χ3v) is 4.50. The maximum atomic E-state index is 10.7. The molecule has 1 heterocycles. The molecule has 1 aliphatic rings. The number of nitrogens with zero attached hydrogens (tertiary/aromatic N) is 1. The molecule has 2 aromatic rings. The van der Waals surface area contributed by atoms with Gasteiger partial charge in [0.05, 0.1) is 17.7 Å². The summed E-state index contributed by atoms with van der Waals surface area (Å²) >= 11 is 0. The summed E-state index contributed by atoms with van der Waals surface area (Å²) in [7, 11) is 0. The molecular formula is C20H22N2O2. The normalized spacial score (nSPS) is 21.4. The Hall–Kier alpha value is -2.35. The van der Waals surface area contributed by atoms with Crippen LogP contribution in [-0.4, -0.2) is 23.4 Å².